The summed E-state index contributed by atoms with van der Waals surface area (Å²) in [6.07, 6.45) is -3.62. The quantitative estimate of drug-likeness (QED) is 0.842. The Morgan fingerprint density at radius 3 is 2.26 bits per heavy atom. The van der Waals surface area contributed by atoms with Gasteiger partial charge >= 0.3 is 6.18 Å². The normalized spacial score (nSPS) is 12.5. The lowest BCUT2D eigenvalue weighted by atomic mass is 10.2. The van der Waals surface area contributed by atoms with Gasteiger partial charge in [0.1, 0.15) is 5.82 Å². The van der Waals surface area contributed by atoms with Crippen LogP contribution in [0.15, 0.2) is 53.9 Å². The van der Waals surface area contributed by atoms with Crippen molar-refractivity contribution in [2.75, 3.05) is 4.72 Å². The predicted molar refractivity (Wildman–Crippen MR) is 79.4 cm³/mol. The lowest BCUT2D eigenvalue weighted by Crippen LogP contribution is -2.12. The van der Waals surface area contributed by atoms with Crippen molar-refractivity contribution in [3.63, 3.8) is 0 Å². The number of rotatable bonds is 4. The molecule has 3 nitrogen and oxygen atoms in total. The van der Waals surface area contributed by atoms with Crippen LogP contribution in [0.3, 0.4) is 0 Å². The molecule has 0 heterocycles. The van der Waals surface area contributed by atoms with Crippen LogP contribution in [0, 0.1) is 5.82 Å². The van der Waals surface area contributed by atoms with Crippen molar-refractivity contribution in [1.29, 1.82) is 0 Å². The molecule has 23 heavy (non-hydrogen) atoms. The Bertz CT molecular complexity index is 815. The molecule has 8 heteroatoms. The van der Waals surface area contributed by atoms with Crippen LogP contribution in [-0.2, 0) is 16.2 Å². The van der Waals surface area contributed by atoms with Crippen LogP contribution in [0.1, 0.15) is 11.1 Å². The number of anilines is 1. The maximum Gasteiger partial charge on any atom is 0.419 e. The van der Waals surface area contributed by atoms with E-state index in [2.05, 4.69) is 0 Å². The van der Waals surface area contributed by atoms with Gasteiger partial charge < -0.3 is 0 Å². The number of benzene rings is 2. The van der Waals surface area contributed by atoms with Crippen molar-refractivity contribution >= 4 is 21.8 Å². The van der Waals surface area contributed by atoms with Gasteiger partial charge in [-0.05, 0) is 29.8 Å². The molecule has 0 atom stereocenters. The summed E-state index contributed by atoms with van der Waals surface area (Å²) < 4.78 is 76.6. The molecule has 1 N–H and O–H groups in total. The highest BCUT2D eigenvalue weighted by molar-refractivity contribution is 7.95. The third-order valence-electron chi connectivity index (χ3n) is 2.77. The molecule has 0 amide bonds. The van der Waals surface area contributed by atoms with Crippen molar-refractivity contribution in [1.82, 2.24) is 0 Å². The maximum absolute atomic E-state index is 13.2. The van der Waals surface area contributed by atoms with E-state index in [0.29, 0.717) is 17.7 Å². The number of hydrogen-bond acceptors (Lipinski definition) is 2. The van der Waals surface area contributed by atoms with Crippen molar-refractivity contribution in [2.45, 2.75) is 6.18 Å². The van der Waals surface area contributed by atoms with Crippen LogP contribution in [0.4, 0.5) is 23.2 Å². The van der Waals surface area contributed by atoms with Crippen LogP contribution >= 0.6 is 0 Å². The van der Waals surface area contributed by atoms with Crippen LogP contribution in [0.25, 0.3) is 6.08 Å². The third-order valence-corrected chi connectivity index (χ3v) is 3.79. The molecule has 0 saturated carbocycles. The van der Waals surface area contributed by atoms with E-state index in [1.54, 1.807) is 30.3 Å². The highest BCUT2D eigenvalue weighted by Crippen LogP contribution is 2.33. The molecule has 122 valence electrons. The molecule has 0 aliphatic rings. The largest absolute Gasteiger partial charge is 0.419 e. The molecule has 0 spiro atoms. The van der Waals surface area contributed by atoms with E-state index in [1.165, 1.54) is 6.08 Å². The van der Waals surface area contributed by atoms with Gasteiger partial charge in [0.2, 0.25) is 0 Å². The highest BCUT2D eigenvalue weighted by atomic mass is 32.2. The Morgan fingerprint density at radius 1 is 1.00 bits per heavy atom. The van der Waals surface area contributed by atoms with Crippen LogP contribution in [-0.4, -0.2) is 8.42 Å². The van der Waals surface area contributed by atoms with Gasteiger partial charge in [0.15, 0.2) is 0 Å². The molecule has 0 aliphatic heterocycles. The lowest BCUT2D eigenvalue weighted by Gasteiger charge is -2.10. The van der Waals surface area contributed by atoms with E-state index < -0.39 is 27.6 Å². The Morgan fingerprint density at radius 2 is 1.65 bits per heavy atom. The molecule has 0 unspecified atom stereocenters. The standard InChI is InChI=1S/C15H11F4NO2S/c16-14-7-6-12(10-13(14)15(17,18)19)20-23(21,22)9-8-11-4-2-1-3-5-11/h1-10,20H/b9-8+. The van der Waals surface area contributed by atoms with Crippen LogP contribution in [0.5, 0.6) is 0 Å². The first kappa shape index (κ1) is 17.0. The molecule has 0 aromatic heterocycles. The molecule has 0 fully saturated rings. The number of alkyl halides is 3. The summed E-state index contributed by atoms with van der Waals surface area (Å²) in [5.74, 6) is -1.47. The molecular formula is C15H11F4NO2S. The van der Waals surface area contributed by atoms with Gasteiger partial charge in [-0.2, -0.15) is 13.2 Å². The van der Waals surface area contributed by atoms with E-state index in [1.807, 2.05) is 4.72 Å². The van der Waals surface area contributed by atoms with Gasteiger partial charge in [0.25, 0.3) is 10.0 Å². The number of sulfonamides is 1. The zero-order valence-electron chi connectivity index (χ0n) is 11.5. The SMILES string of the molecule is O=S(=O)(/C=C/c1ccccc1)Nc1ccc(F)c(C(F)(F)F)c1. The fourth-order valence-electron chi connectivity index (χ4n) is 1.74. The second-order valence-electron chi connectivity index (χ2n) is 4.55. The molecule has 2 aromatic rings. The smallest absolute Gasteiger partial charge is 0.280 e. The number of hydrogen-bond donors (Lipinski definition) is 1. The molecule has 0 radical (unpaired) electrons. The first-order valence-electron chi connectivity index (χ1n) is 6.30. The van der Waals surface area contributed by atoms with Crippen molar-refractivity contribution in [3.05, 3.63) is 70.9 Å². The molecule has 0 saturated heterocycles. The second-order valence-corrected chi connectivity index (χ2v) is 6.12. The average molecular weight is 345 g/mol. The summed E-state index contributed by atoms with van der Waals surface area (Å²) in [7, 11) is -4.03. The summed E-state index contributed by atoms with van der Waals surface area (Å²) in [5.41, 5.74) is -1.31. The lowest BCUT2D eigenvalue weighted by molar-refractivity contribution is -0.139. The summed E-state index contributed by atoms with van der Waals surface area (Å²) in [6.45, 7) is 0. The zero-order chi connectivity index (χ0) is 17.1. The first-order chi connectivity index (χ1) is 10.7. The van der Waals surface area contributed by atoms with E-state index in [4.69, 9.17) is 0 Å². The minimum Gasteiger partial charge on any atom is -0.280 e. The van der Waals surface area contributed by atoms with Gasteiger partial charge in [-0.15, -0.1) is 0 Å². The fourth-order valence-corrected chi connectivity index (χ4v) is 2.60. The highest BCUT2D eigenvalue weighted by Gasteiger charge is 2.34. The fraction of sp³-hybridized carbons (Fsp3) is 0.0667. The van der Waals surface area contributed by atoms with Gasteiger partial charge in [0.05, 0.1) is 11.0 Å². The topological polar surface area (TPSA) is 46.2 Å². The average Bonchev–Trinajstić information content (AvgIpc) is 2.47. The molecular weight excluding hydrogens is 334 g/mol. The summed E-state index contributed by atoms with van der Waals surface area (Å²) in [4.78, 5) is 0. The van der Waals surface area contributed by atoms with Crippen molar-refractivity contribution < 1.29 is 26.0 Å². The summed E-state index contributed by atoms with van der Waals surface area (Å²) >= 11 is 0. The van der Waals surface area contributed by atoms with E-state index in [-0.39, 0.29) is 5.69 Å². The summed E-state index contributed by atoms with van der Waals surface area (Å²) in [5, 5.41) is 0.818. The second kappa shape index (κ2) is 6.41. The van der Waals surface area contributed by atoms with Crippen molar-refractivity contribution in [2.24, 2.45) is 0 Å². The van der Waals surface area contributed by atoms with Crippen LogP contribution in [0.2, 0.25) is 0 Å². The minimum atomic E-state index is -4.91. The van der Waals surface area contributed by atoms with Gasteiger partial charge in [0, 0.05) is 5.69 Å². The Balaban J connectivity index is 2.23. The monoisotopic (exact) mass is 345 g/mol. The number of halogens is 4. The minimum absolute atomic E-state index is 0.378. The van der Waals surface area contributed by atoms with Crippen molar-refractivity contribution in [3.8, 4) is 0 Å². The van der Waals surface area contributed by atoms with E-state index >= 15 is 0 Å². The van der Waals surface area contributed by atoms with Crippen LogP contribution < -0.4 is 4.72 Å². The molecule has 2 aromatic carbocycles. The molecule has 0 bridgehead atoms. The summed E-state index contributed by atoms with van der Waals surface area (Å²) in [6, 6.07) is 10.4. The number of nitrogens with one attached hydrogen (secondary N) is 1. The molecule has 2 rings (SSSR count). The predicted octanol–water partition coefficient (Wildman–Crippen LogP) is 4.26. The Kier molecular flexibility index (Phi) is 4.74. The maximum atomic E-state index is 13.2. The van der Waals surface area contributed by atoms with E-state index in [9.17, 15) is 26.0 Å². The van der Waals surface area contributed by atoms with Gasteiger partial charge in [-0.3, -0.25) is 4.72 Å². The molecule has 0 aliphatic carbocycles. The Hall–Kier alpha value is -2.35. The third kappa shape index (κ3) is 4.82. The van der Waals surface area contributed by atoms with Gasteiger partial charge in [-0.25, -0.2) is 12.8 Å². The first-order valence-corrected chi connectivity index (χ1v) is 7.85. The van der Waals surface area contributed by atoms with E-state index in [0.717, 1.165) is 11.5 Å². The zero-order valence-corrected chi connectivity index (χ0v) is 12.3. The van der Waals surface area contributed by atoms with Gasteiger partial charge in [-0.1, -0.05) is 30.3 Å². The Labute approximate surface area is 130 Å².